The van der Waals surface area contributed by atoms with Gasteiger partial charge in [-0.15, -0.1) is 11.8 Å². The van der Waals surface area contributed by atoms with Crippen molar-refractivity contribution >= 4 is 34.5 Å². The Kier molecular flexibility index (Phi) is 5.14. The molecule has 2 amide bonds. The third kappa shape index (κ3) is 3.43. The first kappa shape index (κ1) is 16.9. The fourth-order valence-corrected chi connectivity index (χ4v) is 4.23. The number of nitrogens with one attached hydrogen (secondary N) is 2. The number of aryl methyl sites for hydroxylation is 1. The van der Waals surface area contributed by atoms with Crippen LogP contribution in [-0.2, 0) is 16.0 Å². The number of H-pyrrole nitrogens is 1. The topological polar surface area (TPSA) is 65.2 Å². The largest absolute Gasteiger partial charge is 0.361 e. The highest BCUT2D eigenvalue weighted by Gasteiger charge is 2.33. The summed E-state index contributed by atoms with van der Waals surface area (Å²) >= 11 is 1.64. The minimum Gasteiger partial charge on any atom is -0.361 e. The van der Waals surface area contributed by atoms with E-state index in [-0.39, 0.29) is 17.9 Å². The molecule has 1 fully saturated rings. The Labute approximate surface area is 146 Å². The molecule has 1 aliphatic heterocycles. The molecule has 0 saturated carbocycles. The van der Waals surface area contributed by atoms with Gasteiger partial charge in [0.05, 0.1) is 5.88 Å². The number of amides is 2. The second-order valence-electron chi connectivity index (χ2n) is 6.14. The predicted molar refractivity (Wildman–Crippen MR) is 98.0 cm³/mol. The van der Waals surface area contributed by atoms with Crippen molar-refractivity contribution < 1.29 is 9.59 Å². The molecule has 24 heavy (non-hydrogen) atoms. The zero-order chi connectivity index (χ0) is 17.1. The molecule has 1 aliphatic rings. The van der Waals surface area contributed by atoms with Crippen molar-refractivity contribution in [3.63, 3.8) is 0 Å². The first-order valence-electron chi connectivity index (χ1n) is 8.31. The van der Waals surface area contributed by atoms with E-state index in [9.17, 15) is 9.59 Å². The van der Waals surface area contributed by atoms with Crippen LogP contribution in [0.1, 0.15) is 24.5 Å². The van der Waals surface area contributed by atoms with E-state index >= 15 is 0 Å². The zero-order valence-electron chi connectivity index (χ0n) is 14.1. The van der Waals surface area contributed by atoms with Crippen LogP contribution in [-0.4, -0.2) is 45.9 Å². The Morgan fingerprint density at radius 1 is 1.42 bits per heavy atom. The number of aromatic nitrogens is 1. The van der Waals surface area contributed by atoms with Gasteiger partial charge in [-0.2, -0.15) is 0 Å². The van der Waals surface area contributed by atoms with Gasteiger partial charge in [0.2, 0.25) is 11.8 Å². The second-order valence-corrected chi connectivity index (χ2v) is 7.14. The normalized spacial score (nSPS) is 17.4. The quantitative estimate of drug-likeness (QED) is 0.875. The first-order valence-corrected chi connectivity index (χ1v) is 9.47. The predicted octanol–water partition coefficient (Wildman–Crippen LogP) is 2.45. The van der Waals surface area contributed by atoms with Gasteiger partial charge in [-0.1, -0.05) is 19.1 Å². The Balaban J connectivity index is 1.57. The van der Waals surface area contributed by atoms with Crippen LogP contribution in [0.5, 0.6) is 0 Å². The maximum absolute atomic E-state index is 12.4. The van der Waals surface area contributed by atoms with Crippen LogP contribution in [0.4, 0.5) is 0 Å². The number of carbonyl (C=O) groups is 2. The van der Waals surface area contributed by atoms with Gasteiger partial charge in [0.1, 0.15) is 6.04 Å². The molecule has 0 aliphatic carbocycles. The van der Waals surface area contributed by atoms with Crippen molar-refractivity contribution in [1.82, 2.24) is 15.2 Å². The van der Waals surface area contributed by atoms with E-state index in [2.05, 4.69) is 35.4 Å². The van der Waals surface area contributed by atoms with Crippen LogP contribution >= 0.6 is 11.8 Å². The molecule has 128 valence electrons. The summed E-state index contributed by atoms with van der Waals surface area (Å²) in [6.45, 7) is 4.48. The molecule has 1 aromatic carbocycles. The smallest absolute Gasteiger partial charge is 0.243 e. The summed E-state index contributed by atoms with van der Waals surface area (Å²) in [5.41, 5.74) is 3.56. The van der Waals surface area contributed by atoms with Gasteiger partial charge in [-0.3, -0.25) is 9.59 Å². The van der Waals surface area contributed by atoms with Gasteiger partial charge < -0.3 is 15.2 Å². The molecule has 3 rings (SSSR count). The molecular formula is C18H23N3O2S. The third-order valence-corrected chi connectivity index (χ3v) is 5.44. The molecule has 2 heterocycles. The lowest BCUT2D eigenvalue weighted by molar-refractivity contribution is -0.137. The number of nitrogens with zero attached hydrogens (tertiary/aromatic N) is 1. The van der Waals surface area contributed by atoms with E-state index in [0.717, 1.165) is 11.9 Å². The molecule has 1 unspecified atom stereocenters. The molecular weight excluding hydrogens is 322 g/mol. The van der Waals surface area contributed by atoms with E-state index in [0.29, 0.717) is 24.6 Å². The van der Waals surface area contributed by atoms with E-state index in [4.69, 9.17) is 0 Å². The van der Waals surface area contributed by atoms with Crippen LogP contribution in [0.25, 0.3) is 10.9 Å². The van der Waals surface area contributed by atoms with Gasteiger partial charge >= 0.3 is 0 Å². The van der Waals surface area contributed by atoms with Crippen molar-refractivity contribution in [2.75, 3.05) is 18.2 Å². The van der Waals surface area contributed by atoms with Crippen LogP contribution in [0.15, 0.2) is 24.4 Å². The lowest BCUT2D eigenvalue weighted by atomic mass is 10.1. The number of benzene rings is 1. The summed E-state index contributed by atoms with van der Waals surface area (Å²) < 4.78 is 0. The van der Waals surface area contributed by atoms with Crippen LogP contribution in [0.3, 0.4) is 0 Å². The summed E-state index contributed by atoms with van der Waals surface area (Å²) in [4.78, 5) is 29.3. The second kappa shape index (κ2) is 7.30. The van der Waals surface area contributed by atoms with Crippen molar-refractivity contribution in [2.45, 2.75) is 32.7 Å². The number of thioether (sulfide) groups is 1. The molecule has 1 atom stereocenters. The number of aromatic amines is 1. The SMILES string of the molecule is CCC(=O)N1CSCC1C(=O)NCCc1c[nH]c2cc(C)ccc12. The maximum atomic E-state index is 12.4. The number of hydrogen-bond donors (Lipinski definition) is 2. The monoisotopic (exact) mass is 345 g/mol. The molecule has 2 N–H and O–H groups in total. The van der Waals surface area contributed by atoms with Crippen LogP contribution < -0.4 is 5.32 Å². The molecule has 5 nitrogen and oxygen atoms in total. The van der Waals surface area contributed by atoms with Gasteiger partial charge in [-0.25, -0.2) is 0 Å². The highest BCUT2D eigenvalue weighted by atomic mass is 32.2. The maximum Gasteiger partial charge on any atom is 0.243 e. The summed E-state index contributed by atoms with van der Waals surface area (Å²) in [7, 11) is 0. The average molecular weight is 345 g/mol. The summed E-state index contributed by atoms with van der Waals surface area (Å²) in [6.07, 6.45) is 3.23. The van der Waals surface area contributed by atoms with Crippen molar-refractivity contribution in [2.24, 2.45) is 0 Å². The lowest BCUT2D eigenvalue weighted by Crippen LogP contribution is -2.47. The van der Waals surface area contributed by atoms with E-state index in [1.54, 1.807) is 16.7 Å². The van der Waals surface area contributed by atoms with Crippen molar-refractivity contribution in [3.8, 4) is 0 Å². The molecule has 0 radical (unpaired) electrons. The highest BCUT2D eigenvalue weighted by Crippen LogP contribution is 2.22. The standard InChI is InChI=1S/C18H23N3O2S/c1-3-17(22)21-11-24-10-16(21)18(23)19-7-6-13-9-20-15-8-12(2)4-5-14(13)15/h4-5,8-9,16,20H,3,6-7,10-11H2,1-2H3,(H,19,23). The molecule has 1 saturated heterocycles. The van der Waals surface area contributed by atoms with Gasteiger partial charge in [-0.05, 0) is 30.5 Å². The Bertz CT molecular complexity index is 756. The lowest BCUT2D eigenvalue weighted by Gasteiger charge is -2.22. The Morgan fingerprint density at radius 2 is 2.25 bits per heavy atom. The van der Waals surface area contributed by atoms with E-state index < -0.39 is 0 Å². The van der Waals surface area contributed by atoms with Crippen LogP contribution in [0, 0.1) is 6.92 Å². The molecule has 0 spiro atoms. The number of rotatable bonds is 5. The fourth-order valence-electron chi connectivity index (χ4n) is 3.05. The Morgan fingerprint density at radius 3 is 3.04 bits per heavy atom. The molecule has 0 bridgehead atoms. The number of fused-ring (bicyclic) bond motifs is 1. The number of hydrogen-bond acceptors (Lipinski definition) is 3. The average Bonchev–Trinajstić information content (AvgIpc) is 3.21. The van der Waals surface area contributed by atoms with E-state index in [1.807, 2.05) is 13.1 Å². The zero-order valence-corrected chi connectivity index (χ0v) is 14.9. The summed E-state index contributed by atoms with van der Waals surface area (Å²) in [6, 6.07) is 6.02. The minimum atomic E-state index is -0.326. The van der Waals surface area contributed by atoms with Crippen molar-refractivity contribution in [3.05, 3.63) is 35.5 Å². The molecule has 2 aromatic rings. The fraction of sp³-hybridized carbons (Fsp3) is 0.444. The highest BCUT2D eigenvalue weighted by molar-refractivity contribution is 7.99. The number of carbonyl (C=O) groups excluding carboxylic acids is 2. The van der Waals surface area contributed by atoms with Gasteiger partial charge in [0, 0.05) is 35.8 Å². The first-order chi connectivity index (χ1) is 11.6. The van der Waals surface area contributed by atoms with Crippen LogP contribution in [0.2, 0.25) is 0 Å². The minimum absolute atomic E-state index is 0.0440. The third-order valence-electron chi connectivity index (χ3n) is 4.42. The van der Waals surface area contributed by atoms with Gasteiger partial charge in [0.25, 0.3) is 0 Å². The van der Waals surface area contributed by atoms with E-state index in [1.165, 1.54) is 16.5 Å². The summed E-state index contributed by atoms with van der Waals surface area (Å²) in [5.74, 6) is 1.31. The summed E-state index contributed by atoms with van der Waals surface area (Å²) in [5, 5.41) is 4.19. The molecule has 1 aromatic heterocycles. The van der Waals surface area contributed by atoms with Crippen molar-refractivity contribution in [1.29, 1.82) is 0 Å². The molecule has 6 heteroatoms. The Hall–Kier alpha value is -1.95. The van der Waals surface area contributed by atoms with Gasteiger partial charge in [0.15, 0.2) is 0 Å².